The van der Waals surface area contributed by atoms with Gasteiger partial charge in [0.25, 0.3) is 0 Å². The summed E-state index contributed by atoms with van der Waals surface area (Å²) in [5.74, 6) is 0.141. The van der Waals surface area contributed by atoms with Gasteiger partial charge in [0.2, 0.25) is 5.91 Å². The number of carbonyl (C=O) groups is 1. The van der Waals surface area contributed by atoms with Crippen molar-refractivity contribution < 1.29 is 14.6 Å². The van der Waals surface area contributed by atoms with Crippen molar-refractivity contribution in [2.24, 2.45) is 5.73 Å². The molecule has 0 bridgehead atoms. The number of ether oxygens (including phenoxy) is 1. The number of methoxy groups -OCH3 is 1. The van der Waals surface area contributed by atoms with Crippen molar-refractivity contribution in [3.8, 4) is 22.7 Å². The Kier molecular flexibility index (Phi) is 5.02. The normalized spacial score (nSPS) is 10.8. The van der Waals surface area contributed by atoms with E-state index in [1.807, 2.05) is 35.9 Å². The van der Waals surface area contributed by atoms with E-state index >= 15 is 0 Å². The van der Waals surface area contributed by atoms with Crippen LogP contribution < -0.4 is 10.5 Å². The van der Waals surface area contributed by atoms with E-state index in [1.54, 1.807) is 31.4 Å². The highest BCUT2D eigenvalue weighted by Crippen LogP contribution is 2.35. The summed E-state index contributed by atoms with van der Waals surface area (Å²) < 4.78 is 7.40. The molecule has 1 aromatic heterocycles. The molecule has 0 aliphatic rings. The smallest absolute Gasteiger partial charge is 0.248 e. The van der Waals surface area contributed by atoms with Crippen LogP contribution in [0.5, 0.6) is 5.75 Å². The lowest BCUT2D eigenvalue weighted by Gasteiger charge is -2.16. The second kappa shape index (κ2) is 7.23. The molecule has 0 saturated carbocycles. The summed E-state index contributed by atoms with van der Waals surface area (Å²) in [5, 5.41) is 10.4. The van der Waals surface area contributed by atoms with E-state index in [0.29, 0.717) is 16.3 Å². The monoisotopic (exact) mass is 370 g/mol. The highest BCUT2D eigenvalue weighted by molar-refractivity contribution is 6.30. The molecule has 1 heterocycles. The van der Waals surface area contributed by atoms with Gasteiger partial charge in [0, 0.05) is 34.0 Å². The standard InChI is InChI=1S/C20H19ClN2O3/c1-12-9-13(20(22)25)3-5-16(12)19-14(11-24)7-8-23(19)17-6-4-15(21)10-18(17)26-2/h3-10,24H,11H2,1-2H3,(H2,22,25). The molecule has 1 amide bonds. The van der Waals surface area contributed by atoms with Crippen LogP contribution in [0, 0.1) is 6.92 Å². The molecular formula is C20H19ClN2O3. The zero-order chi connectivity index (χ0) is 18.8. The molecule has 0 aliphatic heterocycles. The number of aryl methyl sites for hydroxylation is 1. The topological polar surface area (TPSA) is 77.5 Å². The number of nitrogens with two attached hydrogens (primary N) is 1. The first-order valence-corrected chi connectivity index (χ1v) is 8.40. The van der Waals surface area contributed by atoms with Gasteiger partial charge in [-0.1, -0.05) is 17.7 Å². The van der Waals surface area contributed by atoms with Gasteiger partial charge in [-0.15, -0.1) is 0 Å². The van der Waals surface area contributed by atoms with Gasteiger partial charge in [0.1, 0.15) is 5.75 Å². The Morgan fingerprint density at radius 2 is 2.00 bits per heavy atom. The fraction of sp³-hybridized carbons (Fsp3) is 0.150. The predicted octanol–water partition coefficient (Wildman–Crippen LogP) is 3.71. The molecule has 3 aromatic rings. The van der Waals surface area contributed by atoms with E-state index < -0.39 is 5.91 Å². The van der Waals surface area contributed by atoms with Gasteiger partial charge in [-0.25, -0.2) is 0 Å². The maximum Gasteiger partial charge on any atom is 0.248 e. The van der Waals surface area contributed by atoms with Gasteiger partial charge in [-0.3, -0.25) is 4.79 Å². The Hall–Kier alpha value is -2.76. The van der Waals surface area contributed by atoms with Crippen molar-refractivity contribution >= 4 is 17.5 Å². The van der Waals surface area contributed by atoms with E-state index in [2.05, 4.69) is 0 Å². The van der Waals surface area contributed by atoms with E-state index in [9.17, 15) is 9.90 Å². The minimum absolute atomic E-state index is 0.116. The molecule has 0 radical (unpaired) electrons. The maximum absolute atomic E-state index is 11.4. The molecule has 0 fully saturated rings. The lowest BCUT2D eigenvalue weighted by Crippen LogP contribution is -2.11. The fourth-order valence-electron chi connectivity index (χ4n) is 3.04. The Morgan fingerprint density at radius 1 is 1.23 bits per heavy atom. The number of carbonyl (C=O) groups excluding carboxylic acids is 1. The Morgan fingerprint density at radius 3 is 2.62 bits per heavy atom. The van der Waals surface area contributed by atoms with Gasteiger partial charge in [0.15, 0.2) is 0 Å². The number of amides is 1. The van der Waals surface area contributed by atoms with Crippen molar-refractivity contribution in [1.29, 1.82) is 0 Å². The summed E-state index contributed by atoms with van der Waals surface area (Å²) in [5.41, 5.74) is 9.96. The average molecular weight is 371 g/mol. The summed E-state index contributed by atoms with van der Waals surface area (Å²) in [6.07, 6.45) is 1.87. The third-order valence-corrected chi connectivity index (χ3v) is 4.54. The number of hydrogen-bond donors (Lipinski definition) is 2. The molecule has 2 aromatic carbocycles. The van der Waals surface area contributed by atoms with Crippen LogP contribution >= 0.6 is 11.6 Å². The molecule has 26 heavy (non-hydrogen) atoms. The van der Waals surface area contributed by atoms with Crippen molar-refractivity contribution in [2.75, 3.05) is 7.11 Å². The number of nitrogens with zero attached hydrogens (tertiary/aromatic N) is 1. The minimum Gasteiger partial charge on any atom is -0.495 e. The third-order valence-electron chi connectivity index (χ3n) is 4.31. The quantitative estimate of drug-likeness (QED) is 0.718. The second-order valence-corrected chi connectivity index (χ2v) is 6.36. The molecule has 5 nitrogen and oxygen atoms in total. The van der Waals surface area contributed by atoms with Crippen LogP contribution in [0.4, 0.5) is 0 Å². The van der Waals surface area contributed by atoms with Crippen LogP contribution in [0.25, 0.3) is 16.9 Å². The Labute approximate surface area is 156 Å². The Bertz CT molecular complexity index is 979. The largest absolute Gasteiger partial charge is 0.495 e. The predicted molar refractivity (Wildman–Crippen MR) is 102 cm³/mol. The molecule has 0 unspecified atom stereocenters. The molecule has 0 aliphatic carbocycles. The summed E-state index contributed by atoms with van der Waals surface area (Å²) in [6, 6.07) is 12.5. The van der Waals surface area contributed by atoms with E-state index in [1.165, 1.54) is 0 Å². The van der Waals surface area contributed by atoms with Gasteiger partial charge >= 0.3 is 0 Å². The number of aliphatic hydroxyl groups excluding tert-OH is 1. The number of hydrogen-bond acceptors (Lipinski definition) is 3. The first-order valence-electron chi connectivity index (χ1n) is 8.02. The average Bonchev–Trinajstić information content (AvgIpc) is 3.04. The summed E-state index contributed by atoms with van der Waals surface area (Å²) in [6.45, 7) is 1.79. The van der Waals surface area contributed by atoms with E-state index in [0.717, 1.165) is 28.1 Å². The number of aromatic nitrogens is 1. The molecular weight excluding hydrogens is 352 g/mol. The lowest BCUT2D eigenvalue weighted by molar-refractivity contribution is 0.1000. The molecule has 0 atom stereocenters. The number of benzene rings is 2. The lowest BCUT2D eigenvalue weighted by atomic mass is 9.99. The fourth-order valence-corrected chi connectivity index (χ4v) is 3.20. The van der Waals surface area contributed by atoms with Crippen molar-refractivity contribution in [3.63, 3.8) is 0 Å². The molecule has 0 spiro atoms. The van der Waals surface area contributed by atoms with Crippen molar-refractivity contribution in [1.82, 2.24) is 4.57 Å². The molecule has 134 valence electrons. The number of primary amides is 1. The molecule has 3 N–H and O–H groups in total. The number of aliphatic hydroxyl groups is 1. The number of halogens is 1. The first-order chi connectivity index (χ1) is 12.5. The summed E-state index contributed by atoms with van der Waals surface area (Å²) >= 11 is 6.07. The zero-order valence-corrected chi connectivity index (χ0v) is 15.2. The second-order valence-electron chi connectivity index (χ2n) is 5.93. The number of rotatable bonds is 5. The highest BCUT2D eigenvalue weighted by Gasteiger charge is 2.17. The SMILES string of the molecule is COc1cc(Cl)ccc1-n1ccc(CO)c1-c1ccc(C(N)=O)cc1C. The van der Waals surface area contributed by atoms with Crippen LogP contribution in [0.1, 0.15) is 21.5 Å². The van der Waals surface area contributed by atoms with Gasteiger partial charge in [0.05, 0.1) is 25.1 Å². The Balaban J connectivity index is 2.24. The van der Waals surface area contributed by atoms with Gasteiger partial charge in [-0.2, -0.15) is 0 Å². The maximum atomic E-state index is 11.4. The van der Waals surface area contributed by atoms with Crippen LogP contribution in [0.2, 0.25) is 5.02 Å². The first kappa shape index (κ1) is 18.0. The molecule has 0 saturated heterocycles. The zero-order valence-electron chi connectivity index (χ0n) is 14.5. The van der Waals surface area contributed by atoms with E-state index in [4.69, 9.17) is 22.1 Å². The van der Waals surface area contributed by atoms with Crippen LogP contribution in [0.15, 0.2) is 48.7 Å². The van der Waals surface area contributed by atoms with E-state index in [-0.39, 0.29) is 6.61 Å². The van der Waals surface area contributed by atoms with Crippen molar-refractivity contribution in [3.05, 3.63) is 70.4 Å². The molecule has 6 heteroatoms. The van der Waals surface area contributed by atoms with Crippen LogP contribution in [-0.2, 0) is 6.61 Å². The summed E-state index contributed by atoms with van der Waals surface area (Å²) in [7, 11) is 1.58. The van der Waals surface area contributed by atoms with Gasteiger partial charge < -0.3 is 20.1 Å². The van der Waals surface area contributed by atoms with Gasteiger partial charge in [-0.05, 0) is 42.8 Å². The van der Waals surface area contributed by atoms with Crippen LogP contribution in [-0.4, -0.2) is 22.7 Å². The minimum atomic E-state index is -0.475. The molecule has 3 rings (SSSR count). The highest BCUT2D eigenvalue weighted by atomic mass is 35.5. The van der Waals surface area contributed by atoms with Crippen LogP contribution in [0.3, 0.4) is 0 Å². The third kappa shape index (κ3) is 3.19. The van der Waals surface area contributed by atoms with Crippen molar-refractivity contribution in [2.45, 2.75) is 13.5 Å². The summed E-state index contributed by atoms with van der Waals surface area (Å²) in [4.78, 5) is 11.4.